The molecule has 5 heteroatoms. The van der Waals surface area contributed by atoms with Gasteiger partial charge in [-0.2, -0.15) is 0 Å². The normalized spacial score (nSPS) is 15.9. The second-order valence-corrected chi connectivity index (χ2v) is 7.10. The third-order valence-electron chi connectivity index (χ3n) is 5.64. The first-order chi connectivity index (χ1) is 12.0. The van der Waals surface area contributed by atoms with Gasteiger partial charge in [-0.05, 0) is 44.7 Å². The zero-order valence-corrected chi connectivity index (χ0v) is 15.7. The van der Waals surface area contributed by atoms with E-state index in [4.69, 9.17) is 5.73 Å². The van der Waals surface area contributed by atoms with Gasteiger partial charge in [0.15, 0.2) is 0 Å². The van der Waals surface area contributed by atoms with Gasteiger partial charge < -0.3 is 16.0 Å². The molecule has 138 valence electrons. The number of hydrogen-bond donors (Lipinski definition) is 2. The second kappa shape index (κ2) is 8.48. The summed E-state index contributed by atoms with van der Waals surface area (Å²) in [5.74, 6) is 0.131. The second-order valence-electron chi connectivity index (χ2n) is 7.10. The Labute approximate surface area is 151 Å². The van der Waals surface area contributed by atoms with Gasteiger partial charge in [-0.3, -0.25) is 9.59 Å². The van der Waals surface area contributed by atoms with E-state index in [0.717, 1.165) is 36.8 Å². The monoisotopic (exact) mass is 345 g/mol. The fourth-order valence-electron chi connectivity index (χ4n) is 3.40. The van der Waals surface area contributed by atoms with Gasteiger partial charge in [0.2, 0.25) is 5.91 Å². The molecule has 0 saturated carbocycles. The van der Waals surface area contributed by atoms with Crippen molar-refractivity contribution in [3.05, 3.63) is 35.4 Å². The van der Waals surface area contributed by atoms with Gasteiger partial charge in [0.25, 0.3) is 5.91 Å². The molecule has 1 saturated heterocycles. The molecule has 0 bridgehead atoms. The van der Waals surface area contributed by atoms with Crippen LogP contribution in [0.4, 0.5) is 0 Å². The molecule has 0 spiro atoms. The molecule has 0 aromatic heterocycles. The average Bonchev–Trinajstić information content (AvgIpc) is 2.64. The van der Waals surface area contributed by atoms with Gasteiger partial charge in [-0.15, -0.1) is 0 Å². The van der Waals surface area contributed by atoms with E-state index in [9.17, 15) is 9.59 Å². The lowest BCUT2D eigenvalue weighted by Crippen LogP contribution is -2.52. The topological polar surface area (TPSA) is 75.4 Å². The van der Waals surface area contributed by atoms with Gasteiger partial charge in [0.1, 0.15) is 0 Å². The minimum absolute atomic E-state index is 0.0586. The van der Waals surface area contributed by atoms with Crippen molar-refractivity contribution in [3.63, 3.8) is 0 Å². The standard InChI is InChI=1S/C20H31N3O2/c1-4-20(5-2,14-21)19(25)22-17-10-12-23(13-11-17)18(24)16-8-6-15(3)7-9-16/h6-9,17H,4-5,10-14,21H2,1-3H3,(H,22,25). The van der Waals surface area contributed by atoms with Crippen molar-refractivity contribution >= 4 is 11.8 Å². The smallest absolute Gasteiger partial charge is 0.253 e. The average molecular weight is 345 g/mol. The van der Waals surface area contributed by atoms with Gasteiger partial charge >= 0.3 is 0 Å². The quantitative estimate of drug-likeness (QED) is 0.832. The third-order valence-corrected chi connectivity index (χ3v) is 5.64. The Kier molecular flexibility index (Phi) is 6.59. The fourth-order valence-corrected chi connectivity index (χ4v) is 3.40. The molecule has 0 unspecified atom stereocenters. The Hall–Kier alpha value is -1.88. The van der Waals surface area contributed by atoms with Crippen molar-refractivity contribution in [1.82, 2.24) is 10.2 Å². The van der Waals surface area contributed by atoms with Crippen molar-refractivity contribution in [3.8, 4) is 0 Å². The molecule has 0 atom stereocenters. The first-order valence-electron chi connectivity index (χ1n) is 9.32. The van der Waals surface area contributed by atoms with Crippen molar-refractivity contribution in [2.45, 2.75) is 52.5 Å². The third kappa shape index (κ3) is 4.40. The van der Waals surface area contributed by atoms with Crippen molar-refractivity contribution < 1.29 is 9.59 Å². The summed E-state index contributed by atoms with van der Waals surface area (Å²) >= 11 is 0. The maximum atomic E-state index is 12.6. The van der Waals surface area contributed by atoms with Gasteiger partial charge in [0, 0.05) is 31.2 Å². The summed E-state index contributed by atoms with van der Waals surface area (Å²) in [7, 11) is 0. The molecule has 0 aliphatic carbocycles. The maximum Gasteiger partial charge on any atom is 0.253 e. The molecule has 5 nitrogen and oxygen atoms in total. The SMILES string of the molecule is CCC(CC)(CN)C(=O)NC1CCN(C(=O)c2ccc(C)cc2)CC1. The number of piperidine rings is 1. The van der Waals surface area contributed by atoms with Crippen LogP contribution in [-0.4, -0.2) is 42.4 Å². The highest BCUT2D eigenvalue weighted by atomic mass is 16.2. The lowest BCUT2D eigenvalue weighted by atomic mass is 9.81. The molecular weight excluding hydrogens is 314 g/mol. The summed E-state index contributed by atoms with van der Waals surface area (Å²) in [4.78, 5) is 27.1. The summed E-state index contributed by atoms with van der Waals surface area (Å²) in [6.45, 7) is 7.75. The van der Waals surface area contributed by atoms with Gasteiger partial charge in [-0.1, -0.05) is 31.5 Å². The van der Waals surface area contributed by atoms with Crippen molar-refractivity contribution in [2.24, 2.45) is 11.1 Å². The number of amides is 2. The van der Waals surface area contributed by atoms with Crippen LogP contribution in [0.3, 0.4) is 0 Å². The van der Waals surface area contributed by atoms with E-state index < -0.39 is 5.41 Å². The van der Waals surface area contributed by atoms with Crippen LogP contribution in [0.1, 0.15) is 55.5 Å². The largest absolute Gasteiger partial charge is 0.353 e. The Morgan fingerprint density at radius 3 is 2.20 bits per heavy atom. The number of carbonyl (C=O) groups excluding carboxylic acids is 2. The Morgan fingerprint density at radius 2 is 1.72 bits per heavy atom. The van der Waals surface area contributed by atoms with Crippen LogP contribution < -0.4 is 11.1 Å². The van der Waals surface area contributed by atoms with E-state index in [1.54, 1.807) is 0 Å². The van der Waals surface area contributed by atoms with Gasteiger partial charge in [0.05, 0.1) is 5.41 Å². The van der Waals surface area contributed by atoms with Crippen molar-refractivity contribution in [1.29, 1.82) is 0 Å². The molecule has 25 heavy (non-hydrogen) atoms. The van der Waals surface area contributed by atoms with Crippen LogP contribution >= 0.6 is 0 Å². The van der Waals surface area contributed by atoms with Crippen LogP contribution in [-0.2, 0) is 4.79 Å². The number of nitrogens with two attached hydrogens (primary N) is 1. The minimum atomic E-state index is -0.463. The number of rotatable bonds is 6. The van der Waals surface area contributed by atoms with E-state index >= 15 is 0 Å². The Bertz CT molecular complexity index is 577. The summed E-state index contributed by atoms with van der Waals surface area (Å²) < 4.78 is 0. The lowest BCUT2D eigenvalue weighted by Gasteiger charge is -2.35. The molecular formula is C20H31N3O2. The number of benzene rings is 1. The fraction of sp³-hybridized carbons (Fsp3) is 0.600. The van der Waals surface area contributed by atoms with E-state index in [2.05, 4.69) is 5.32 Å². The number of nitrogens with one attached hydrogen (secondary N) is 1. The maximum absolute atomic E-state index is 12.6. The summed E-state index contributed by atoms with van der Waals surface area (Å²) in [5.41, 5.74) is 7.27. The molecule has 0 radical (unpaired) electrons. The predicted molar refractivity (Wildman–Crippen MR) is 100 cm³/mol. The molecule has 1 aromatic carbocycles. The zero-order valence-electron chi connectivity index (χ0n) is 15.7. The Balaban J connectivity index is 1.90. The first kappa shape index (κ1) is 19.4. The highest BCUT2D eigenvalue weighted by Crippen LogP contribution is 2.26. The number of aryl methyl sites for hydroxylation is 1. The number of likely N-dealkylation sites (tertiary alicyclic amines) is 1. The van der Waals surface area contributed by atoms with Crippen LogP contribution in [0, 0.1) is 12.3 Å². The van der Waals surface area contributed by atoms with E-state index in [1.165, 1.54) is 0 Å². The number of nitrogens with zero attached hydrogens (tertiary/aromatic N) is 1. The van der Waals surface area contributed by atoms with E-state index in [-0.39, 0.29) is 17.9 Å². The molecule has 1 heterocycles. The van der Waals surface area contributed by atoms with Crippen LogP contribution in [0.5, 0.6) is 0 Å². The minimum Gasteiger partial charge on any atom is -0.353 e. The predicted octanol–water partition coefficient (Wildman–Crippen LogP) is 2.48. The Morgan fingerprint density at radius 1 is 1.16 bits per heavy atom. The molecule has 1 fully saturated rings. The van der Waals surface area contributed by atoms with Crippen molar-refractivity contribution in [2.75, 3.05) is 19.6 Å². The summed E-state index contributed by atoms with van der Waals surface area (Å²) in [5, 5.41) is 3.16. The van der Waals surface area contributed by atoms with Crippen LogP contribution in [0.25, 0.3) is 0 Å². The summed E-state index contributed by atoms with van der Waals surface area (Å²) in [6.07, 6.45) is 3.07. The molecule has 2 amide bonds. The van der Waals surface area contributed by atoms with Crippen LogP contribution in [0.15, 0.2) is 24.3 Å². The highest BCUT2D eigenvalue weighted by Gasteiger charge is 2.35. The number of hydrogen-bond acceptors (Lipinski definition) is 3. The molecule has 1 aromatic rings. The van der Waals surface area contributed by atoms with Crippen LogP contribution in [0.2, 0.25) is 0 Å². The first-order valence-corrected chi connectivity index (χ1v) is 9.32. The molecule has 3 N–H and O–H groups in total. The number of carbonyl (C=O) groups is 2. The molecule has 1 aliphatic rings. The summed E-state index contributed by atoms with van der Waals surface area (Å²) in [6, 6.07) is 7.80. The lowest BCUT2D eigenvalue weighted by molar-refractivity contribution is -0.132. The van der Waals surface area contributed by atoms with E-state index in [0.29, 0.717) is 19.6 Å². The molecule has 2 rings (SSSR count). The van der Waals surface area contributed by atoms with Gasteiger partial charge in [-0.25, -0.2) is 0 Å². The highest BCUT2D eigenvalue weighted by molar-refractivity contribution is 5.94. The molecule has 1 aliphatic heterocycles. The van der Waals surface area contributed by atoms with E-state index in [1.807, 2.05) is 49.9 Å². The zero-order chi connectivity index (χ0) is 18.4.